The Hall–Kier alpha value is -1.52. The van der Waals surface area contributed by atoms with Gasteiger partial charge in [0.25, 0.3) is 0 Å². The number of anilines is 1. The van der Waals surface area contributed by atoms with Gasteiger partial charge in [-0.05, 0) is 31.0 Å². The fraction of sp³-hybridized carbons (Fsp3) is 0.417. The minimum atomic E-state index is -4.37. The van der Waals surface area contributed by atoms with Gasteiger partial charge in [-0.1, -0.05) is 12.1 Å². The van der Waals surface area contributed by atoms with Crippen molar-refractivity contribution in [3.63, 3.8) is 0 Å². The average molecular weight is 243 g/mol. The Balaban J connectivity index is 2.38. The monoisotopic (exact) mass is 243 g/mol. The molecule has 1 aromatic carbocycles. The van der Waals surface area contributed by atoms with E-state index >= 15 is 0 Å². The van der Waals surface area contributed by atoms with Gasteiger partial charge in [0.2, 0.25) is 5.91 Å². The van der Waals surface area contributed by atoms with Crippen molar-refractivity contribution in [1.82, 2.24) is 0 Å². The summed E-state index contributed by atoms with van der Waals surface area (Å²) in [6, 6.07) is 4.89. The number of hydrogen-bond acceptors (Lipinski definition) is 1. The van der Waals surface area contributed by atoms with Crippen LogP contribution in [0.4, 0.5) is 18.9 Å². The predicted octanol–water partition coefficient (Wildman–Crippen LogP) is 3.05. The third-order valence-electron chi connectivity index (χ3n) is 2.87. The van der Waals surface area contributed by atoms with Crippen LogP contribution in [-0.2, 0) is 4.79 Å². The molecule has 1 saturated heterocycles. The number of halogens is 3. The van der Waals surface area contributed by atoms with Crippen LogP contribution in [0.5, 0.6) is 0 Å². The molecule has 17 heavy (non-hydrogen) atoms. The van der Waals surface area contributed by atoms with Crippen molar-refractivity contribution in [2.45, 2.75) is 32.0 Å². The molecule has 1 fully saturated rings. The molecule has 1 aliphatic rings. The Morgan fingerprint density at radius 2 is 2.06 bits per heavy atom. The second-order valence-corrected chi connectivity index (χ2v) is 4.20. The lowest BCUT2D eigenvalue weighted by molar-refractivity contribution is -0.148. The fourth-order valence-electron chi connectivity index (χ4n) is 2.10. The molecule has 0 saturated carbocycles. The van der Waals surface area contributed by atoms with Crippen molar-refractivity contribution in [2.24, 2.45) is 0 Å². The van der Waals surface area contributed by atoms with Crippen LogP contribution in [0.2, 0.25) is 0 Å². The molecule has 0 bridgehead atoms. The number of nitrogens with zero attached hydrogens (tertiary/aromatic N) is 1. The molecule has 1 aromatic rings. The van der Waals surface area contributed by atoms with Gasteiger partial charge in [-0.2, -0.15) is 13.2 Å². The topological polar surface area (TPSA) is 20.3 Å². The summed E-state index contributed by atoms with van der Waals surface area (Å²) in [4.78, 5) is 12.4. The molecule has 0 N–H and O–H groups in total. The summed E-state index contributed by atoms with van der Waals surface area (Å²) in [5.74, 6) is -0.460. The molecular formula is C12H12F3NO. The first-order chi connectivity index (χ1) is 7.89. The van der Waals surface area contributed by atoms with Crippen molar-refractivity contribution in [1.29, 1.82) is 0 Å². The van der Waals surface area contributed by atoms with E-state index in [1.807, 2.05) is 0 Å². The van der Waals surface area contributed by atoms with Crippen LogP contribution in [0.1, 0.15) is 18.4 Å². The Morgan fingerprint density at radius 3 is 2.65 bits per heavy atom. The smallest absolute Gasteiger partial charge is 0.300 e. The van der Waals surface area contributed by atoms with E-state index in [2.05, 4.69) is 0 Å². The summed E-state index contributed by atoms with van der Waals surface area (Å²) in [6.07, 6.45) is -4.57. The van der Waals surface area contributed by atoms with Crippen molar-refractivity contribution in [2.75, 3.05) is 4.90 Å². The molecule has 5 heteroatoms. The van der Waals surface area contributed by atoms with Gasteiger partial charge in [0, 0.05) is 12.1 Å². The third kappa shape index (κ3) is 2.28. The van der Waals surface area contributed by atoms with E-state index in [0.29, 0.717) is 5.69 Å². The van der Waals surface area contributed by atoms with Crippen LogP contribution in [-0.4, -0.2) is 18.1 Å². The van der Waals surface area contributed by atoms with E-state index in [9.17, 15) is 18.0 Å². The summed E-state index contributed by atoms with van der Waals surface area (Å²) in [5.41, 5.74) is 1.16. The van der Waals surface area contributed by atoms with Crippen molar-refractivity contribution < 1.29 is 18.0 Å². The highest BCUT2D eigenvalue weighted by Gasteiger charge is 2.49. The first kappa shape index (κ1) is 12.0. The summed E-state index contributed by atoms with van der Waals surface area (Å²) in [5, 5.41) is 0. The van der Waals surface area contributed by atoms with Crippen LogP contribution in [0.15, 0.2) is 24.3 Å². The lowest BCUT2D eigenvalue weighted by Gasteiger charge is -2.26. The van der Waals surface area contributed by atoms with Crippen molar-refractivity contribution >= 4 is 11.6 Å². The fourth-order valence-corrected chi connectivity index (χ4v) is 2.10. The number of rotatable bonds is 1. The first-order valence-corrected chi connectivity index (χ1v) is 5.35. The van der Waals surface area contributed by atoms with Crippen LogP contribution >= 0.6 is 0 Å². The molecule has 1 amide bonds. The number of hydrogen-bond donors (Lipinski definition) is 0. The number of benzene rings is 1. The zero-order valence-corrected chi connectivity index (χ0v) is 9.29. The van der Waals surface area contributed by atoms with Gasteiger partial charge in [0.1, 0.15) is 6.04 Å². The SMILES string of the molecule is Cc1cccc(N2C(=O)CCC2C(F)(F)F)c1. The third-order valence-corrected chi connectivity index (χ3v) is 2.87. The maximum atomic E-state index is 12.8. The molecule has 1 aliphatic heterocycles. The summed E-state index contributed by atoms with van der Waals surface area (Å²) < 4.78 is 38.3. The van der Waals surface area contributed by atoms with Crippen LogP contribution in [0.25, 0.3) is 0 Å². The average Bonchev–Trinajstić information content (AvgIpc) is 2.59. The van der Waals surface area contributed by atoms with Gasteiger partial charge < -0.3 is 4.90 Å². The molecular weight excluding hydrogens is 231 g/mol. The minimum absolute atomic E-state index is 0.0435. The van der Waals surface area contributed by atoms with E-state index < -0.39 is 18.1 Å². The molecule has 0 radical (unpaired) electrons. The van der Waals surface area contributed by atoms with Gasteiger partial charge >= 0.3 is 6.18 Å². The first-order valence-electron chi connectivity index (χ1n) is 5.35. The van der Waals surface area contributed by atoms with Gasteiger partial charge in [-0.3, -0.25) is 4.79 Å². The maximum absolute atomic E-state index is 12.8. The minimum Gasteiger partial charge on any atom is -0.300 e. The van der Waals surface area contributed by atoms with E-state index in [1.54, 1.807) is 25.1 Å². The highest BCUT2D eigenvalue weighted by Crippen LogP contribution is 2.36. The molecule has 92 valence electrons. The van der Waals surface area contributed by atoms with Gasteiger partial charge in [-0.25, -0.2) is 0 Å². The lowest BCUT2D eigenvalue weighted by atomic mass is 10.1. The zero-order chi connectivity index (χ0) is 12.6. The number of amides is 1. The highest BCUT2D eigenvalue weighted by molar-refractivity contribution is 5.96. The number of alkyl halides is 3. The molecule has 0 aliphatic carbocycles. The van der Waals surface area contributed by atoms with E-state index in [1.165, 1.54) is 6.07 Å². The highest BCUT2D eigenvalue weighted by atomic mass is 19.4. The Labute approximate surface area is 97.0 Å². The summed E-state index contributed by atoms with van der Waals surface area (Å²) in [7, 11) is 0. The van der Waals surface area contributed by atoms with E-state index in [0.717, 1.165) is 10.5 Å². The van der Waals surface area contributed by atoms with E-state index in [4.69, 9.17) is 0 Å². The quantitative estimate of drug-likeness (QED) is 0.742. The van der Waals surface area contributed by atoms with E-state index in [-0.39, 0.29) is 12.8 Å². The molecule has 0 spiro atoms. The maximum Gasteiger partial charge on any atom is 0.409 e. The predicted molar refractivity (Wildman–Crippen MR) is 57.7 cm³/mol. The van der Waals surface area contributed by atoms with Crippen molar-refractivity contribution in [3.8, 4) is 0 Å². The van der Waals surface area contributed by atoms with Crippen LogP contribution < -0.4 is 4.90 Å². The number of carbonyl (C=O) groups is 1. The summed E-state index contributed by atoms with van der Waals surface area (Å²) >= 11 is 0. The largest absolute Gasteiger partial charge is 0.409 e. The molecule has 1 heterocycles. The Kier molecular flexibility index (Phi) is 2.85. The zero-order valence-electron chi connectivity index (χ0n) is 9.29. The van der Waals surface area contributed by atoms with Crippen LogP contribution in [0.3, 0.4) is 0 Å². The molecule has 2 rings (SSSR count). The number of aryl methyl sites for hydroxylation is 1. The second-order valence-electron chi connectivity index (χ2n) is 4.20. The summed E-state index contributed by atoms with van der Waals surface area (Å²) in [6.45, 7) is 1.78. The Morgan fingerprint density at radius 1 is 1.35 bits per heavy atom. The van der Waals surface area contributed by atoms with Crippen molar-refractivity contribution in [3.05, 3.63) is 29.8 Å². The van der Waals surface area contributed by atoms with Gasteiger partial charge in [0.15, 0.2) is 0 Å². The second kappa shape index (κ2) is 4.05. The lowest BCUT2D eigenvalue weighted by Crippen LogP contribution is -2.43. The van der Waals surface area contributed by atoms with Crippen LogP contribution in [0, 0.1) is 6.92 Å². The number of carbonyl (C=O) groups excluding carboxylic acids is 1. The standard InChI is InChI=1S/C12H12F3NO/c1-8-3-2-4-9(7-8)16-10(12(13,14)15)5-6-11(16)17/h2-4,7,10H,5-6H2,1H3. The normalized spacial score (nSPS) is 21.1. The molecule has 0 aromatic heterocycles. The molecule has 1 atom stereocenters. The van der Waals surface area contributed by atoms with Gasteiger partial charge in [0.05, 0.1) is 0 Å². The van der Waals surface area contributed by atoms with Gasteiger partial charge in [-0.15, -0.1) is 0 Å². The molecule has 1 unspecified atom stereocenters. The Bertz CT molecular complexity index is 442. The molecule has 2 nitrogen and oxygen atoms in total.